The fourth-order valence-corrected chi connectivity index (χ4v) is 1.74. The average Bonchev–Trinajstić information content (AvgIpc) is 2.74. The first-order valence-electron chi connectivity index (χ1n) is 4.99. The number of aromatic nitrogens is 2. The van der Waals surface area contributed by atoms with Gasteiger partial charge >= 0.3 is 12.0 Å². The lowest BCUT2D eigenvalue weighted by molar-refractivity contribution is -0.115. The van der Waals surface area contributed by atoms with Gasteiger partial charge in [-0.1, -0.05) is 22.3 Å². The van der Waals surface area contributed by atoms with Crippen LogP contribution in [0.5, 0.6) is 0 Å². The molecule has 7 nitrogen and oxygen atoms in total. The topological polar surface area (TPSA) is 97.3 Å². The van der Waals surface area contributed by atoms with Crippen LogP contribution in [0.2, 0.25) is 0 Å². The summed E-state index contributed by atoms with van der Waals surface area (Å²) in [5, 5.41) is 10.1. The second kappa shape index (κ2) is 3.48. The van der Waals surface area contributed by atoms with E-state index in [4.69, 9.17) is 10.2 Å². The Hall–Kier alpha value is -2.57. The van der Waals surface area contributed by atoms with Crippen molar-refractivity contribution in [1.29, 1.82) is 0 Å². The predicted octanol–water partition coefficient (Wildman–Crippen LogP) is 0.742. The molecule has 1 aliphatic heterocycles. The highest BCUT2D eigenvalue weighted by Crippen LogP contribution is 2.33. The minimum atomic E-state index is -0.138. The second-order valence-electron chi connectivity index (χ2n) is 3.57. The maximum Gasteiger partial charge on any atom is 0.324 e. The molecule has 0 fully saturated rings. The smallest absolute Gasteiger partial charge is 0.324 e. The van der Waals surface area contributed by atoms with E-state index in [1.54, 1.807) is 11.0 Å². The number of rotatable bonds is 1. The fraction of sp³-hybridized carbons (Fsp3) is 0.100. The SMILES string of the molecule is Nc1nnc(N2CC(=O)Nc3ccccc32)o1. The summed E-state index contributed by atoms with van der Waals surface area (Å²) in [5.74, 6) is -0.138. The third-order valence-corrected chi connectivity index (χ3v) is 2.43. The van der Waals surface area contributed by atoms with Gasteiger partial charge in [0.1, 0.15) is 6.54 Å². The standard InChI is InChI=1S/C10H9N5O2/c11-9-13-14-10(17-9)15-5-8(16)12-6-3-1-2-4-7(6)15/h1-4H,5H2,(H2,11,13)(H,12,16). The molecular formula is C10H9N5O2. The molecule has 17 heavy (non-hydrogen) atoms. The maximum absolute atomic E-state index is 11.5. The number of nitrogens with two attached hydrogens (primary N) is 1. The summed E-state index contributed by atoms with van der Waals surface area (Å²) in [5.41, 5.74) is 6.88. The highest BCUT2D eigenvalue weighted by molar-refractivity contribution is 6.02. The number of anilines is 4. The van der Waals surface area contributed by atoms with Crippen molar-refractivity contribution in [3.05, 3.63) is 24.3 Å². The minimum absolute atomic E-state index is 0.0246. The van der Waals surface area contributed by atoms with Gasteiger partial charge in [0, 0.05) is 0 Å². The van der Waals surface area contributed by atoms with Crippen molar-refractivity contribution < 1.29 is 9.21 Å². The monoisotopic (exact) mass is 231 g/mol. The summed E-state index contributed by atoms with van der Waals surface area (Å²) in [4.78, 5) is 13.2. The third-order valence-electron chi connectivity index (χ3n) is 2.43. The Labute approximate surface area is 96.2 Å². The number of nitrogens with zero attached hydrogens (tertiary/aromatic N) is 3. The van der Waals surface area contributed by atoms with Crippen LogP contribution in [0.15, 0.2) is 28.7 Å². The van der Waals surface area contributed by atoms with Crippen LogP contribution in [-0.2, 0) is 4.79 Å². The van der Waals surface area contributed by atoms with Crippen molar-refractivity contribution in [3.63, 3.8) is 0 Å². The summed E-state index contributed by atoms with van der Waals surface area (Å²) in [6.07, 6.45) is 0. The van der Waals surface area contributed by atoms with E-state index in [9.17, 15) is 4.79 Å². The first-order valence-corrected chi connectivity index (χ1v) is 4.99. The Morgan fingerprint density at radius 2 is 2.18 bits per heavy atom. The molecule has 0 atom stereocenters. The lowest BCUT2D eigenvalue weighted by Crippen LogP contribution is -2.35. The zero-order valence-electron chi connectivity index (χ0n) is 8.75. The van der Waals surface area contributed by atoms with Gasteiger partial charge < -0.3 is 15.5 Å². The van der Waals surface area contributed by atoms with Crippen molar-refractivity contribution in [2.75, 3.05) is 22.5 Å². The molecule has 0 spiro atoms. The number of carbonyl (C=O) groups excluding carboxylic acids is 1. The van der Waals surface area contributed by atoms with Crippen LogP contribution >= 0.6 is 0 Å². The van der Waals surface area contributed by atoms with Crippen LogP contribution in [-0.4, -0.2) is 22.6 Å². The summed E-state index contributed by atoms with van der Waals surface area (Å²) < 4.78 is 5.13. The van der Waals surface area contributed by atoms with E-state index in [1.165, 1.54) is 0 Å². The summed E-state index contributed by atoms with van der Waals surface area (Å²) in [6.45, 7) is 0.124. The van der Waals surface area contributed by atoms with Crippen LogP contribution in [0.1, 0.15) is 0 Å². The van der Waals surface area contributed by atoms with Crippen LogP contribution in [0.25, 0.3) is 0 Å². The molecule has 2 aromatic rings. The zero-order valence-corrected chi connectivity index (χ0v) is 8.75. The largest absolute Gasteiger partial charge is 0.389 e. The molecule has 86 valence electrons. The third kappa shape index (κ3) is 1.57. The van der Waals surface area contributed by atoms with E-state index in [2.05, 4.69) is 15.5 Å². The van der Waals surface area contributed by atoms with Crippen molar-refractivity contribution >= 4 is 29.3 Å². The van der Waals surface area contributed by atoms with Crippen LogP contribution in [0.3, 0.4) is 0 Å². The normalized spacial score (nSPS) is 14.4. The molecule has 0 unspecified atom stereocenters. The van der Waals surface area contributed by atoms with Gasteiger partial charge in [-0.3, -0.25) is 9.69 Å². The molecular weight excluding hydrogens is 222 g/mol. The molecule has 1 aromatic carbocycles. The Bertz CT molecular complexity index is 580. The molecule has 0 radical (unpaired) electrons. The Morgan fingerprint density at radius 1 is 1.35 bits per heavy atom. The number of para-hydroxylation sites is 2. The van der Waals surface area contributed by atoms with Crippen LogP contribution < -0.4 is 16.0 Å². The van der Waals surface area contributed by atoms with Crippen LogP contribution in [0, 0.1) is 0 Å². The predicted molar refractivity (Wildman–Crippen MR) is 60.8 cm³/mol. The van der Waals surface area contributed by atoms with Gasteiger partial charge in [0.05, 0.1) is 11.4 Å². The summed E-state index contributed by atoms with van der Waals surface area (Å²) in [7, 11) is 0. The number of hydrogen-bond acceptors (Lipinski definition) is 6. The van der Waals surface area contributed by atoms with E-state index in [1.807, 2.05) is 18.2 Å². The van der Waals surface area contributed by atoms with E-state index in [0.29, 0.717) is 5.69 Å². The first kappa shape index (κ1) is 9.64. The van der Waals surface area contributed by atoms with Gasteiger partial charge in [0.25, 0.3) is 0 Å². The van der Waals surface area contributed by atoms with Crippen molar-refractivity contribution in [2.24, 2.45) is 0 Å². The molecule has 3 rings (SSSR count). The molecule has 0 bridgehead atoms. The second-order valence-corrected chi connectivity index (χ2v) is 3.57. The van der Waals surface area contributed by atoms with Gasteiger partial charge in [0.15, 0.2) is 0 Å². The first-order chi connectivity index (χ1) is 8.24. The van der Waals surface area contributed by atoms with E-state index < -0.39 is 0 Å². The van der Waals surface area contributed by atoms with Gasteiger partial charge in [-0.25, -0.2) is 0 Å². The average molecular weight is 231 g/mol. The number of benzene rings is 1. The van der Waals surface area contributed by atoms with Crippen molar-refractivity contribution in [1.82, 2.24) is 10.2 Å². The Kier molecular flexibility index (Phi) is 1.97. The molecule has 1 aliphatic rings. The Morgan fingerprint density at radius 3 is 2.94 bits per heavy atom. The fourth-order valence-electron chi connectivity index (χ4n) is 1.74. The maximum atomic E-state index is 11.5. The molecule has 0 aliphatic carbocycles. The summed E-state index contributed by atoms with van der Waals surface area (Å²) in [6, 6.07) is 7.55. The molecule has 2 heterocycles. The van der Waals surface area contributed by atoms with Gasteiger partial charge in [-0.2, -0.15) is 0 Å². The minimum Gasteiger partial charge on any atom is -0.389 e. The highest BCUT2D eigenvalue weighted by Gasteiger charge is 2.26. The quantitative estimate of drug-likeness (QED) is 0.751. The number of amides is 1. The number of hydrogen-bond donors (Lipinski definition) is 2. The van der Waals surface area contributed by atoms with E-state index in [0.717, 1.165) is 5.69 Å². The number of nitrogen functional groups attached to an aromatic ring is 1. The van der Waals surface area contributed by atoms with Gasteiger partial charge in [0.2, 0.25) is 5.91 Å². The molecule has 1 amide bonds. The lowest BCUT2D eigenvalue weighted by atomic mass is 10.2. The molecule has 7 heteroatoms. The van der Waals surface area contributed by atoms with Gasteiger partial charge in [-0.05, 0) is 12.1 Å². The molecule has 0 saturated heterocycles. The number of fused-ring (bicyclic) bond motifs is 1. The molecule has 0 saturated carbocycles. The zero-order chi connectivity index (χ0) is 11.8. The van der Waals surface area contributed by atoms with Gasteiger partial charge in [-0.15, -0.1) is 0 Å². The summed E-state index contributed by atoms with van der Waals surface area (Å²) >= 11 is 0. The van der Waals surface area contributed by atoms with Crippen molar-refractivity contribution in [2.45, 2.75) is 0 Å². The highest BCUT2D eigenvalue weighted by atomic mass is 16.4. The lowest BCUT2D eigenvalue weighted by Gasteiger charge is -2.27. The van der Waals surface area contributed by atoms with Crippen LogP contribution in [0.4, 0.5) is 23.4 Å². The van der Waals surface area contributed by atoms with E-state index >= 15 is 0 Å². The molecule has 3 N–H and O–H groups in total. The Balaban J connectivity index is 2.09. The molecule has 1 aromatic heterocycles. The number of nitrogens with one attached hydrogen (secondary N) is 1. The number of carbonyl (C=O) groups is 1. The van der Waals surface area contributed by atoms with E-state index in [-0.39, 0.29) is 24.5 Å². The van der Waals surface area contributed by atoms with Crippen molar-refractivity contribution in [3.8, 4) is 0 Å².